The van der Waals surface area contributed by atoms with Crippen molar-refractivity contribution in [2.45, 2.75) is 63.6 Å². The molecule has 0 radical (unpaired) electrons. The van der Waals surface area contributed by atoms with Gasteiger partial charge in [0.1, 0.15) is 0 Å². The summed E-state index contributed by atoms with van der Waals surface area (Å²) in [7, 11) is 0. The molecule has 1 aliphatic carbocycles. The zero-order valence-electron chi connectivity index (χ0n) is 17.2. The number of amides is 1. The topological polar surface area (TPSA) is 41.6 Å². The molecule has 4 aliphatic rings. The van der Waals surface area contributed by atoms with Gasteiger partial charge in [-0.3, -0.25) is 9.69 Å². The fraction of sp³-hybridized carbons (Fsp3) is 0.708. The third kappa shape index (κ3) is 3.50. The van der Waals surface area contributed by atoms with E-state index in [4.69, 9.17) is 4.74 Å². The summed E-state index contributed by atoms with van der Waals surface area (Å²) in [6, 6.07) is 8.50. The molecule has 1 N–H and O–H groups in total. The van der Waals surface area contributed by atoms with Crippen molar-refractivity contribution in [2.24, 2.45) is 17.8 Å². The first-order valence-electron chi connectivity index (χ1n) is 11.3. The van der Waals surface area contributed by atoms with Gasteiger partial charge in [-0.25, -0.2) is 0 Å². The van der Waals surface area contributed by atoms with Crippen LogP contribution in [0, 0.1) is 24.7 Å². The van der Waals surface area contributed by atoms with Crippen LogP contribution in [0.25, 0.3) is 0 Å². The highest BCUT2D eigenvalue weighted by atomic mass is 16.5. The van der Waals surface area contributed by atoms with Gasteiger partial charge in [0.25, 0.3) is 0 Å². The Bertz CT molecular complexity index is 714. The smallest absolute Gasteiger partial charge is 0.220 e. The number of nitrogens with zero attached hydrogens (tertiary/aromatic N) is 1. The molecule has 4 atom stereocenters. The minimum Gasteiger partial charge on any atom is -0.370 e. The summed E-state index contributed by atoms with van der Waals surface area (Å²) < 4.78 is 6.54. The quantitative estimate of drug-likeness (QED) is 0.787. The van der Waals surface area contributed by atoms with E-state index < -0.39 is 0 Å². The van der Waals surface area contributed by atoms with Gasteiger partial charge in [0.2, 0.25) is 5.91 Å². The molecular weight excluding hydrogens is 348 g/mol. The zero-order chi connectivity index (χ0) is 19.1. The average Bonchev–Trinajstić information content (AvgIpc) is 3.30. The lowest BCUT2D eigenvalue weighted by atomic mass is 9.73. The predicted molar refractivity (Wildman–Crippen MR) is 110 cm³/mol. The van der Waals surface area contributed by atoms with Crippen LogP contribution in [-0.4, -0.2) is 48.7 Å². The van der Waals surface area contributed by atoms with Gasteiger partial charge in [-0.2, -0.15) is 0 Å². The lowest BCUT2D eigenvalue weighted by Gasteiger charge is -2.31. The second-order valence-electron chi connectivity index (χ2n) is 9.81. The molecule has 28 heavy (non-hydrogen) atoms. The van der Waals surface area contributed by atoms with E-state index in [1.807, 2.05) is 0 Å². The predicted octanol–water partition coefficient (Wildman–Crippen LogP) is 3.32. The van der Waals surface area contributed by atoms with E-state index in [0.717, 1.165) is 25.4 Å². The summed E-state index contributed by atoms with van der Waals surface area (Å²) in [6.07, 6.45) is 8.41. The van der Waals surface area contributed by atoms with Crippen LogP contribution >= 0.6 is 0 Å². The Balaban J connectivity index is 1.12. The second kappa shape index (κ2) is 7.46. The molecular formula is C24H34N2O2. The minimum absolute atomic E-state index is 0.103. The maximum absolute atomic E-state index is 12.4. The van der Waals surface area contributed by atoms with Crippen LogP contribution in [0.5, 0.6) is 0 Å². The Hall–Kier alpha value is -1.39. The van der Waals surface area contributed by atoms with E-state index in [9.17, 15) is 4.79 Å². The van der Waals surface area contributed by atoms with Gasteiger partial charge in [0.05, 0.1) is 11.7 Å². The molecule has 0 aromatic heterocycles. The molecule has 3 aliphatic heterocycles. The van der Waals surface area contributed by atoms with Gasteiger partial charge in [0.15, 0.2) is 0 Å². The van der Waals surface area contributed by atoms with Crippen molar-refractivity contribution in [1.82, 2.24) is 10.2 Å². The fourth-order valence-electron chi connectivity index (χ4n) is 6.07. The van der Waals surface area contributed by atoms with Gasteiger partial charge in [-0.05, 0) is 50.5 Å². The van der Waals surface area contributed by atoms with Crippen molar-refractivity contribution in [2.75, 3.05) is 26.2 Å². The number of ether oxygens (including phenoxy) is 1. The summed E-state index contributed by atoms with van der Waals surface area (Å²) in [5, 5.41) is 3.24. The highest BCUT2D eigenvalue weighted by Crippen LogP contribution is 2.54. The van der Waals surface area contributed by atoms with Crippen LogP contribution < -0.4 is 5.32 Å². The highest BCUT2D eigenvalue weighted by Gasteiger charge is 2.62. The Morgan fingerprint density at radius 1 is 1.25 bits per heavy atom. The molecule has 3 heterocycles. The molecule has 0 unspecified atom stereocenters. The maximum Gasteiger partial charge on any atom is 0.220 e. The average molecular weight is 383 g/mol. The third-order valence-corrected chi connectivity index (χ3v) is 7.89. The number of hydrogen-bond acceptors (Lipinski definition) is 3. The third-order valence-electron chi connectivity index (χ3n) is 7.89. The van der Waals surface area contributed by atoms with Crippen LogP contribution in [0.3, 0.4) is 0 Å². The first kappa shape index (κ1) is 18.6. The molecule has 1 aromatic carbocycles. The zero-order valence-corrected chi connectivity index (χ0v) is 17.2. The second-order valence-corrected chi connectivity index (χ2v) is 9.81. The molecule has 4 fully saturated rings. The lowest BCUT2D eigenvalue weighted by Crippen LogP contribution is -2.41. The summed E-state index contributed by atoms with van der Waals surface area (Å²) in [4.78, 5) is 15.1. The van der Waals surface area contributed by atoms with Gasteiger partial charge >= 0.3 is 0 Å². The molecule has 152 valence electrons. The standard InChI is InChI=1S/C24H34N2O2/c1-17-5-7-18(8-6-17)9-10-23(27)25-13-20-21-15-26(14-19-3-2-4-19)16-24(21)12-11-22(20)28-24/h5-8,19-22H,2-4,9-16H2,1H3,(H,25,27)/t20-,21+,22+,24+/m0/s1. The molecule has 3 saturated heterocycles. The maximum atomic E-state index is 12.4. The van der Waals surface area contributed by atoms with Crippen LogP contribution in [-0.2, 0) is 16.0 Å². The van der Waals surface area contributed by atoms with Crippen molar-refractivity contribution < 1.29 is 9.53 Å². The van der Waals surface area contributed by atoms with Crippen LogP contribution in [0.4, 0.5) is 0 Å². The Morgan fingerprint density at radius 2 is 2.07 bits per heavy atom. The molecule has 2 bridgehead atoms. The summed E-state index contributed by atoms with van der Waals surface area (Å²) in [6.45, 7) is 6.46. The van der Waals surface area contributed by atoms with Gasteiger partial charge in [-0.1, -0.05) is 36.2 Å². The van der Waals surface area contributed by atoms with Crippen LogP contribution in [0.15, 0.2) is 24.3 Å². The van der Waals surface area contributed by atoms with Crippen LogP contribution in [0.1, 0.15) is 49.7 Å². The number of nitrogens with one attached hydrogen (secondary N) is 1. The molecule has 1 aromatic rings. The van der Waals surface area contributed by atoms with E-state index in [0.29, 0.717) is 24.4 Å². The first-order chi connectivity index (χ1) is 13.6. The number of carbonyl (C=O) groups is 1. The van der Waals surface area contributed by atoms with Gasteiger partial charge in [-0.15, -0.1) is 0 Å². The summed E-state index contributed by atoms with van der Waals surface area (Å²) in [5.74, 6) is 2.22. The normalized spacial score (nSPS) is 34.4. The van der Waals surface area contributed by atoms with Gasteiger partial charge < -0.3 is 10.1 Å². The summed E-state index contributed by atoms with van der Waals surface area (Å²) >= 11 is 0. The molecule has 4 heteroatoms. The number of benzene rings is 1. The van der Waals surface area contributed by atoms with Gasteiger partial charge in [0, 0.05) is 44.4 Å². The Labute approximate surface area is 169 Å². The molecule has 4 nitrogen and oxygen atoms in total. The Kier molecular flexibility index (Phi) is 4.96. The molecule has 1 amide bonds. The van der Waals surface area contributed by atoms with Crippen molar-refractivity contribution in [3.05, 3.63) is 35.4 Å². The van der Waals surface area contributed by atoms with Crippen molar-refractivity contribution >= 4 is 5.91 Å². The lowest BCUT2D eigenvalue weighted by molar-refractivity contribution is -0.121. The van der Waals surface area contributed by atoms with E-state index in [1.54, 1.807) is 0 Å². The Morgan fingerprint density at radius 3 is 2.82 bits per heavy atom. The minimum atomic E-state index is 0.103. The fourth-order valence-corrected chi connectivity index (χ4v) is 6.07. The van der Waals surface area contributed by atoms with E-state index in [1.165, 1.54) is 56.3 Å². The number of fused-ring (bicyclic) bond motifs is 1. The number of aryl methyl sites for hydroxylation is 2. The number of hydrogen-bond donors (Lipinski definition) is 1. The monoisotopic (exact) mass is 382 g/mol. The van der Waals surface area contributed by atoms with Crippen molar-refractivity contribution in [3.8, 4) is 0 Å². The molecule has 5 rings (SSSR count). The van der Waals surface area contributed by atoms with E-state index in [-0.39, 0.29) is 11.5 Å². The highest BCUT2D eigenvalue weighted by molar-refractivity contribution is 5.76. The first-order valence-corrected chi connectivity index (χ1v) is 11.3. The molecule has 1 saturated carbocycles. The summed E-state index contributed by atoms with van der Waals surface area (Å²) in [5.41, 5.74) is 2.61. The van der Waals surface area contributed by atoms with Crippen molar-refractivity contribution in [1.29, 1.82) is 0 Å². The van der Waals surface area contributed by atoms with Crippen LogP contribution in [0.2, 0.25) is 0 Å². The largest absolute Gasteiger partial charge is 0.370 e. The molecule has 1 spiro atoms. The number of likely N-dealkylation sites (tertiary alicyclic amines) is 1. The number of rotatable bonds is 7. The number of carbonyl (C=O) groups excluding carboxylic acids is 1. The SMILES string of the molecule is Cc1ccc(CCC(=O)NC[C@H]2[C@H]3CN(CC4CCC4)C[C@]34CC[C@H]2O4)cc1. The van der Waals surface area contributed by atoms with E-state index in [2.05, 4.69) is 41.4 Å². The van der Waals surface area contributed by atoms with E-state index >= 15 is 0 Å². The van der Waals surface area contributed by atoms with Crippen molar-refractivity contribution in [3.63, 3.8) is 0 Å².